The maximum atomic E-state index is 6.22. The highest BCUT2D eigenvalue weighted by Gasteiger charge is 2.35. The molecule has 0 radical (unpaired) electrons. The van der Waals surface area contributed by atoms with Crippen LogP contribution < -0.4 is 14.4 Å². The number of nitrogens with zero attached hydrogens (tertiary/aromatic N) is 2. The van der Waals surface area contributed by atoms with Crippen molar-refractivity contribution in [1.82, 2.24) is 0 Å². The molecular weight excluding hydrogens is 620 g/mol. The van der Waals surface area contributed by atoms with Crippen LogP contribution in [-0.4, -0.2) is 25.9 Å². The average molecular weight is 658 g/mol. The lowest BCUT2D eigenvalue weighted by Gasteiger charge is -2.43. The van der Waals surface area contributed by atoms with Crippen LogP contribution >= 0.6 is 15.9 Å². The molecule has 2 aliphatic rings. The summed E-state index contributed by atoms with van der Waals surface area (Å²) < 4.78 is 13.1. The van der Waals surface area contributed by atoms with Crippen molar-refractivity contribution in [2.75, 3.05) is 24.6 Å². The molecule has 0 unspecified atom stereocenters. The van der Waals surface area contributed by atoms with Gasteiger partial charge in [0.2, 0.25) is 0 Å². The van der Waals surface area contributed by atoms with Gasteiger partial charge < -0.3 is 14.4 Å². The Morgan fingerprint density at radius 1 is 0.756 bits per heavy atom. The normalized spacial score (nSPS) is 17.2. The van der Waals surface area contributed by atoms with E-state index < -0.39 is 0 Å². The molecule has 5 aromatic carbocycles. The Kier molecular flexibility index (Phi) is 8.70. The molecule has 45 heavy (non-hydrogen) atoms. The van der Waals surface area contributed by atoms with E-state index in [1.54, 1.807) is 0 Å². The number of rotatable bonds is 9. The topological polar surface area (TPSA) is 34.1 Å². The second-order valence-corrected chi connectivity index (χ2v) is 12.6. The van der Waals surface area contributed by atoms with Crippen LogP contribution in [0.3, 0.4) is 0 Å². The van der Waals surface area contributed by atoms with Gasteiger partial charge in [-0.1, -0.05) is 91.0 Å². The molecule has 2 heterocycles. The minimum atomic E-state index is 0.348. The zero-order valence-electron chi connectivity index (χ0n) is 25.5. The van der Waals surface area contributed by atoms with Gasteiger partial charge >= 0.3 is 0 Å². The third kappa shape index (κ3) is 6.27. The van der Waals surface area contributed by atoms with Crippen LogP contribution in [0.4, 0.5) is 11.4 Å². The molecule has 5 aromatic rings. The van der Waals surface area contributed by atoms with Gasteiger partial charge in [0.25, 0.3) is 0 Å². The molecule has 0 saturated carbocycles. The van der Waals surface area contributed by atoms with Gasteiger partial charge in [0.05, 0.1) is 16.8 Å². The van der Waals surface area contributed by atoms with Crippen molar-refractivity contribution in [2.24, 2.45) is 4.99 Å². The zero-order chi connectivity index (χ0) is 30.6. The highest BCUT2D eigenvalue weighted by Crippen LogP contribution is 2.50. The number of ether oxygens (including phenoxy) is 2. The fourth-order valence-electron chi connectivity index (χ4n) is 6.86. The van der Waals surface area contributed by atoms with Crippen LogP contribution in [0.2, 0.25) is 0 Å². The first-order chi connectivity index (χ1) is 22.2. The van der Waals surface area contributed by atoms with Gasteiger partial charge in [-0.05, 0) is 93.3 Å². The molecule has 226 valence electrons. The third-order valence-corrected chi connectivity index (χ3v) is 9.51. The molecule has 5 heteroatoms. The van der Waals surface area contributed by atoms with Crippen LogP contribution in [0.5, 0.6) is 11.5 Å². The lowest BCUT2D eigenvalue weighted by atomic mass is 9.76. The number of hydrogen-bond donors (Lipinski definition) is 0. The van der Waals surface area contributed by atoms with E-state index in [4.69, 9.17) is 14.5 Å². The molecule has 0 spiro atoms. The Morgan fingerprint density at radius 3 is 1.91 bits per heavy atom. The van der Waals surface area contributed by atoms with Crippen molar-refractivity contribution in [3.05, 3.63) is 153 Å². The fourth-order valence-corrected chi connectivity index (χ4v) is 7.43. The van der Waals surface area contributed by atoms with Crippen molar-refractivity contribution >= 4 is 33.5 Å². The number of aliphatic imine (C=N–C) groups is 1. The first-order valence-electron chi connectivity index (χ1n) is 15.9. The minimum Gasteiger partial charge on any atom is -0.490 e. The second kappa shape index (κ2) is 13.3. The molecule has 0 aromatic heterocycles. The summed E-state index contributed by atoms with van der Waals surface area (Å²) in [6.45, 7) is 5.16. The summed E-state index contributed by atoms with van der Waals surface area (Å²) in [6.07, 6.45) is 4.16. The maximum Gasteiger partial charge on any atom is 0.175 e. The van der Waals surface area contributed by atoms with Crippen molar-refractivity contribution in [3.63, 3.8) is 0 Å². The third-order valence-electron chi connectivity index (χ3n) is 8.92. The Morgan fingerprint density at radius 2 is 1.33 bits per heavy atom. The van der Waals surface area contributed by atoms with Gasteiger partial charge in [-0.3, -0.25) is 4.99 Å². The summed E-state index contributed by atoms with van der Waals surface area (Å²) in [4.78, 5) is 7.71. The SMILES string of the molecule is CCOc1cc(C=Nc2cc3c4c(c2)[C@H](c2ccccc2)CCN4CC[C@H]3c2ccccc2)cc(Br)c1OCc1ccccc1. The molecule has 0 aliphatic carbocycles. The van der Waals surface area contributed by atoms with E-state index in [9.17, 15) is 0 Å². The second-order valence-electron chi connectivity index (χ2n) is 11.8. The van der Waals surface area contributed by atoms with E-state index in [0.717, 1.165) is 47.2 Å². The number of hydrogen-bond acceptors (Lipinski definition) is 4. The summed E-state index contributed by atoms with van der Waals surface area (Å²) in [5.41, 5.74) is 9.97. The lowest BCUT2D eigenvalue weighted by molar-refractivity contribution is 0.267. The van der Waals surface area contributed by atoms with Gasteiger partial charge in [0.15, 0.2) is 11.5 Å². The molecule has 4 nitrogen and oxygen atoms in total. The van der Waals surface area contributed by atoms with Gasteiger partial charge in [-0.2, -0.15) is 0 Å². The first-order valence-corrected chi connectivity index (χ1v) is 16.7. The van der Waals surface area contributed by atoms with E-state index in [-0.39, 0.29) is 0 Å². The van der Waals surface area contributed by atoms with Gasteiger partial charge in [-0.25, -0.2) is 0 Å². The molecule has 0 amide bonds. The number of halogens is 1. The van der Waals surface area contributed by atoms with Gasteiger partial charge in [-0.15, -0.1) is 0 Å². The number of benzene rings is 5. The van der Waals surface area contributed by atoms with Crippen molar-refractivity contribution in [2.45, 2.75) is 38.2 Å². The molecule has 7 rings (SSSR count). The number of anilines is 1. The van der Waals surface area contributed by atoms with E-state index in [1.165, 1.54) is 27.9 Å². The standard InChI is InChI=1S/C40H37BrN2O2/c1-2-44-38-23-29(22-37(41)40(38)45-27-28-12-6-3-7-13-28)26-42-32-24-35-33(30-14-8-4-9-15-30)18-20-43-21-19-34(36(25-32)39(35)43)31-16-10-5-11-17-31/h3-17,22-26,33-34H,2,18-21,27H2,1H3/t33-,34-/m0/s1. The van der Waals surface area contributed by atoms with Crippen molar-refractivity contribution < 1.29 is 9.47 Å². The predicted molar refractivity (Wildman–Crippen MR) is 188 cm³/mol. The Balaban J connectivity index is 1.26. The quantitative estimate of drug-likeness (QED) is 0.148. The maximum absolute atomic E-state index is 6.22. The molecule has 2 atom stereocenters. The molecular formula is C40H37BrN2O2. The summed E-state index contributed by atoms with van der Waals surface area (Å²) in [5, 5.41) is 0. The molecule has 0 bridgehead atoms. The molecule has 0 N–H and O–H groups in total. The molecule has 0 saturated heterocycles. The Hall–Kier alpha value is -4.35. The van der Waals surface area contributed by atoms with E-state index in [2.05, 4.69) is 112 Å². The van der Waals surface area contributed by atoms with Crippen LogP contribution in [-0.2, 0) is 6.61 Å². The largest absolute Gasteiger partial charge is 0.490 e. The highest BCUT2D eigenvalue weighted by molar-refractivity contribution is 9.10. The minimum absolute atomic E-state index is 0.348. The Bertz CT molecular complexity index is 1720. The van der Waals surface area contributed by atoms with E-state index in [0.29, 0.717) is 36.5 Å². The Labute approximate surface area is 274 Å². The first kappa shape index (κ1) is 29.4. The highest BCUT2D eigenvalue weighted by atomic mass is 79.9. The van der Waals surface area contributed by atoms with Crippen LogP contribution in [0, 0.1) is 0 Å². The van der Waals surface area contributed by atoms with Crippen LogP contribution in [0.15, 0.2) is 125 Å². The average Bonchev–Trinajstić information content (AvgIpc) is 3.08. The molecule has 2 aliphatic heterocycles. The lowest BCUT2D eigenvalue weighted by Crippen LogP contribution is -2.37. The van der Waals surface area contributed by atoms with Gasteiger partial charge in [0.1, 0.15) is 6.61 Å². The zero-order valence-corrected chi connectivity index (χ0v) is 27.1. The van der Waals surface area contributed by atoms with Crippen LogP contribution in [0.25, 0.3) is 0 Å². The summed E-state index contributed by atoms with van der Waals surface area (Å²) >= 11 is 3.75. The summed E-state index contributed by atoms with van der Waals surface area (Å²) in [5.74, 6) is 2.10. The summed E-state index contributed by atoms with van der Waals surface area (Å²) in [6, 6.07) is 40.8. The predicted octanol–water partition coefficient (Wildman–Crippen LogP) is 10.1. The summed E-state index contributed by atoms with van der Waals surface area (Å²) in [7, 11) is 0. The van der Waals surface area contributed by atoms with Crippen molar-refractivity contribution in [1.29, 1.82) is 0 Å². The van der Waals surface area contributed by atoms with Crippen LogP contribution in [0.1, 0.15) is 65.0 Å². The van der Waals surface area contributed by atoms with E-state index >= 15 is 0 Å². The smallest absolute Gasteiger partial charge is 0.175 e. The fraction of sp³-hybridized carbons (Fsp3) is 0.225. The molecule has 0 fully saturated rings. The van der Waals surface area contributed by atoms with Gasteiger partial charge in [0, 0.05) is 36.8 Å². The monoisotopic (exact) mass is 656 g/mol. The van der Waals surface area contributed by atoms with Crippen molar-refractivity contribution in [3.8, 4) is 11.5 Å². The van der Waals surface area contributed by atoms with E-state index in [1.807, 2.05) is 37.4 Å².